The minimum Gasteiger partial charge on any atom is -0.497 e. The van der Waals surface area contributed by atoms with Gasteiger partial charge in [0, 0.05) is 48.4 Å². The first-order valence-corrected chi connectivity index (χ1v) is 14.7. The largest absolute Gasteiger partial charge is 0.497 e. The summed E-state index contributed by atoms with van der Waals surface area (Å²) >= 11 is 7.38. The minimum atomic E-state index is -0.937. The normalized spacial score (nSPS) is 11.5. The number of methoxy groups -OCH3 is 1. The van der Waals surface area contributed by atoms with Gasteiger partial charge in [-0.05, 0) is 79.6 Å². The fourth-order valence-electron chi connectivity index (χ4n) is 4.39. The zero-order valence-electron chi connectivity index (χ0n) is 24.3. The molecule has 0 bridgehead atoms. The quantitative estimate of drug-likeness (QED) is 0.158. The van der Waals surface area contributed by atoms with Crippen molar-refractivity contribution in [3.05, 3.63) is 106 Å². The lowest BCUT2D eigenvalue weighted by Gasteiger charge is -2.31. The Bertz CT molecular complexity index is 1490. The van der Waals surface area contributed by atoms with E-state index in [0.717, 1.165) is 22.6 Å². The summed E-state index contributed by atoms with van der Waals surface area (Å²) in [6, 6.07) is 22.9. The second kappa shape index (κ2) is 14.2. The van der Waals surface area contributed by atoms with E-state index in [1.165, 1.54) is 11.8 Å². The summed E-state index contributed by atoms with van der Waals surface area (Å²) in [5.41, 5.74) is 4.76. The van der Waals surface area contributed by atoms with E-state index >= 15 is 0 Å². The highest BCUT2D eigenvalue weighted by Crippen LogP contribution is 2.29. The molecular formula is C32H34ClN5O3S. The van der Waals surface area contributed by atoms with Gasteiger partial charge in [0.2, 0.25) is 5.91 Å². The third kappa shape index (κ3) is 8.24. The molecule has 0 spiro atoms. The number of hydrogen-bond donors (Lipinski definition) is 1. The SMILES string of the molecule is COc1ccc(C(C(=O)Nc2ccc(N(C)C)cc2)N(Cc2ccc(Cl)cc2)C(=O)CSc2nc(C)cc(C)n2)cc1. The summed E-state index contributed by atoms with van der Waals surface area (Å²) in [5, 5.41) is 4.12. The van der Waals surface area contributed by atoms with Crippen molar-refractivity contribution in [3.8, 4) is 5.75 Å². The van der Waals surface area contributed by atoms with Crippen molar-refractivity contribution in [1.82, 2.24) is 14.9 Å². The van der Waals surface area contributed by atoms with E-state index < -0.39 is 6.04 Å². The van der Waals surface area contributed by atoms with Crippen LogP contribution >= 0.6 is 23.4 Å². The predicted octanol–water partition coefficient (Wildman–Crippen LogP) is 6.32. The molecule has 3 aromatic carbocycles. The van der Waals surface area contributed by atoms with Gasteiger partial charge < -0.3 is 19.9 Å². The van der Waals surface area contributed by atoms with Gasteiger partial charge in [0.1, 0.15) is 11.8 Å². The number of carbonyl (C=O) groups is 2. The number of rotatable bonds is 11. The molecule has 10 heteroatoms. The molecule has 218 valence electrons. The Labute approximate surface area is 256 Å². The molecule has 0 aliphatic rings. The second-order valence-corrected chi connectivity index (χ2v) is 11.4. The number of benzene rings is 3. The molecule has 0 radical (unpaired) electrons. The van der Waals surface area contributed by atoms with Crippen LogP contribution in [0.4, 0.5) is 11.4 Å². The maximum atomic E-state index is 14.0. The molecular weight excluding hydrogens is 570 g/mol. The lowest BCUT2D eigenvalue weighted by atomic mass is 10.0. The minimum absolute atomic E-state index is 0.0496. The van der Waals surface area contributed by atoms with Crippen molar-refractivity contribution in [2.45, 2.75) is 31.6 Å². The van der Waals surface area contributed by atoms with Crippen molar-refractivity contribution >= 4 is 46.6 Å². The molecule has 1 aromatic heterocycles. The van der Waals surface area contributed by atoms with Crippen molar-refractivity contribution in [3.63, 3.8) is 0 Å². The number of anilines is 2. The van der Waals surface area contributed by atoms with E-state index in [1.54, 1.807) is 48.4 Å². The van der Waals surface area contributed by atoms with Crippen LogP contribution in [0.5, 0.6) is 5.75 Å². The van der Waals surface area contributed by atoms with Crippen LogP contribution in [0, 0.1) is 13.8 Å². The molecule has 42 heavy (non-hydrogen) atoms. The van der Waals surface area contributed by atoms with Gasteiger partial charge in [0.15, 0.2) is 5.16 Å². The zero-order valence-corrected chi connectivity index (χ0v) is 25.9. The van der Waals surface area contributed by atoms with Gasteiger partial charge in [0.05, 0.1) is 12.9 Å². The van der Waals surface area contributed by atoms with Crippen LogP contribution in [0.25, 0.3) is 0 Å². The van der Waals surface area contributed by atoms with Gasteiger partial charge in [0.25, 0.3) is 5.91 Å². The van der Waals surface area contributed by atoms with Crippen LogP contribution in [0.3, 0.4) is 0 Å². The molecule has 2 amide bonds. The Morgan fingerprint density at radius 1 is 0.929 bits per heavy atom. The Hall–Kier alpha value is -4.08. The Morgan fingerprint density at radius 3 is 2.12 bits per heavy atom. The number of halogens is 1. The number of thioether (sulfide) groups is 1. The first-order chi connectivity index (χ1) is 20.1. The van der Waals surface area contributed by atoms with E-state index in [2.05, 4.69) is 15.3 Å². The summed E-state index contributed by atoms with van der Waals surface area (Å²) in [6.07, 6.45) is 0. The van der Waals surface area contributed by atoms with Crippen LogP contribution in [0.1, 0.15) is 28.6 Å². The smallest absolute Gasteiger partial charge is 0.251 e. The topological polar surface area (TPSA) is 87.7 Å². The van der Waals surface area contributed by atoms with E-state index in [0.29, 0.717) is 27.2 Å². The molecule has 0 saturated heterocycles. The summed E-state index contributed by atoms with van der Waals surface area (Å²) < 4.78 is 5.34. The molecule has 1 heterocycles. The number of hydrogen-bond acceptors (Lipinski definition) is 7. The van der Waals surface area contributed by atoms with Crippen molar-refractivity contribution in [2.75, 3.05) is 37.2 Å². The van der Waals surface area contributed by atoms with Gasteiger partial charge in [-0.25, -0.2) is 9.97 Å². The van der Waals surface area contributed by atoms with Crippen molar-refractivity contribution in [1.29, 1.82) is 0 Å². The van der Waals surface area contributed by atoms with Crippen LogP contribution < -0.4 is 15.0 Å². The standard InChI is InChI=1S/C32H34ClN5O3S/c1-21-18-22(2)35-32(34-21)42-20-29(39)38(19-23-6-10-25(33)11-7-23)30(24-8-16-28(41-5)17-9-24)31(40)36-26-12-14-27(15-13-26)37(3)4/h6-18,30H,19-20H2,1-5H3,(H,36,40). The average Bonchev–Trinajstić information content (AvgIpc) is 2.96. The highest BCUT2D eigenvalue weighted by Gasteiger charge is 2.32. The third-order valence-electron chi connectivity index (χ3n) is 6.52. The highest BCUT2D eigenvalue weighted by atomic mass is 35.5. The summed E-state index contributed by atoms with van der Waals surface area (Å²) in [6.45, 7) is 3.97. The van der Waals surface area contributed by atoms with Gasteiger partial charge in [-0.3, -0.25) is 9.59 Å². The fraction of sp³-hybridized carbons (Fsp3) is 0.250. The summed E-state index contributed by atoms with van der Waals surface area (Å²) in [5.74, 6) is 0.119. The number of nitrogens with one attached hydrogen (secondary N) is 1. The van der Waals surface area contributed by atoms with Crippen LogP contribution in [0.2, 0.25) is 5.02 Å². The van der Waals surface area contributed by atoms with E-state index in [1.807, 2.05) is 75.3 Å². The highest BCUT2D eigenvalue weighted by molar-refractivity contribution is 7.99. The number of aromatic nitrogens is 2. The molecule has 0 aliphatic carbocycles. The maximum Gasteiger partial charge on any atom is 0.251 e. The van der Waals surface area contributed by atoms with Crippen LogP contribution in [-0.4, -0.2) is 53.6 Å². The average molecular weight is 604 g/mol. The van der Waals surface area contributed by atoms with E-state index in [-0.39, 0.29) is 24.1 Å². The molecule has 4 aromatic rings. The molecule has 1 N–H and O–H groups in total. The molecule has 4 rings (SSSR count). The van der Waals surface area contributed by atoms with E-state index in [9.17, 15) is 9.59 Å². The summed E-state index contributed by atoms with van der Waals surface area (Å²) in [7, 11) is 5.49. The van der Waals surface area contributed by atoms with Crippen LogP contribution in [-0.2, 0) is 16.1 Å². The van der Waals surface area contributed by atoms with Gasteiger partial charge >= 0.3 is 0 Å². The molecule has 0 fully saturated rings. The molecule has 1 unspecified atom stereocenters. The van der Waals surface area contributed by atoms with E-state index in [4.69, 9.17) is 16.3 Å². The third-order valence-corrected chi connectivity index (χ3v) is 7.60. The van der Waals surface area contributed by atoms with Crippen molar-refractivity contribution in [2.24, 2.45) is 0 Å². The lowest BCUT2D eigenvalue weighted by Crippen LogP contribution is -2.41. The molecule has 8 nitrogen and oxygen atoms in total. The van der Waals surface area contributed by atoms with Gasteiger partial charge in [-0.15, -0.1) is 0 Å². The molecule has 0 saturated carbocycles. The maximum absolute atomic E-state index is 14.0. The number of aryl methyl sites for hydroxylation is 2. The van der Waals surface area contributed by atoms with Gasteiger partial charge in [-0.1, -0.05) is 47.6 Å². The molecule has 0 aliphatic heterocycles. The first-order valence-electron chi connectivity index (χ1n) is 13.3. The lowest BCUT2D eigenvalue weighted by molar-refractivity contribution is -0.137. The monoisotopic (exact) mass is 603 g/mol. The second-order valence-electron chi connectivity index (χ2n) is 9.98. The Kier molecular flexibility index (Phi) is 10.4. The Balaban J connectivity index is 1.70. The number of ether oxygens (including phenoxy) is 1. The van der Waals surface area contributed by atoms with Crippen molar-refractivity contribution < 1.29 is 14.3 Å². The predicted molar refractivity (Wildman–Crippen MR) is 169 cm³/mol. The summed E-state index contributed by atoms with van der Waals surface area (Å²) in [4.78, 5) is 40.5. The Morgan fingerprint density at radius 2 is 1.55 bits per heavy atom. The first kappa shape index (κ1) is 30.9. The number of carbonyl (C=O) groups excluding carboxylic acids is 2. The van der Waals surface area contributed by atoms with Gasteiger partial charge in [-0.2, -0.15) is 0 Å². The zero-order chi connectivity index (χ0) is 30.2. The number of amides is 2. The number of nitrogens with zero attached hydrogens (tertiary/aromatic N) is 4. The van der Waals surface area contributed by atoms with Crippen LogP contribution in [0.15, 0.2) is 84.0 Å². The fourth-order valence-corrected chi connectivity index (χ4v) is 5.35. The molecule has 1 atom stereocenters.